The van der Waals surface area contributed by atoms with Crippen molar-refractivity contribution in [3.8, 4) is 0 Å². The minimum absolute atomic E-state index is 0.0992. The summed E-state index contributed by atoms with van der Waals surface area (Å²) in [4.78, 5) is 4.43. The lowest BCUT2D eigenvalue weighted by molar-refractivity contribution is 0.171. The number of nitrogens with two attached hydrogens (primary N) is 1. The SMILES string of the molecule is COCC(N)c1nc2cc(C(C)(C)C)ccc2o1. The molecule has 1 unspecified atom stereocenters. The van der Waals surface area contributed by atoms with E-state index >= 15 is 0 Å². The van der Waals surface area contributed by atoms with Crippen molar-refractivity contribution in [2.75, 3.05) is 13.7 Å². The smallest absolute Gasteiger partial charge is 0.214 e. The molecule has 0 aliphatic heterocycles. The molecule has 0 saturated heterocycles. The average Bonchev–Trinajstić information content (AvgIpc) is 2.70. The first kappa shape index (κ1) is 13.1. The second-order valence-corrected chi connectivity index (χ2v) is 5.55. The van der Waals surface area contributed by atoms with Crippen LogP contribution in [0.2, 0.25) is 0 Å². The number of hydrogen-bond acceptors (Lipinski definition) is 4. The molecular weight excluding hydrogens is 228 g/mol. The number of methoxy groups -OCH3 is 1. The summed E-state index contributed by atoms with van der Waals surface area (Å²) in [7, 11) is 1.61. The van der Waals surface area contributed by atoms with Gasteiger partial charge in [0.25, 0.3) is 0 Å². The van der Waals surface area contributed by atoms with E-state index in [1.165, 1.54) is 5.56 Å². The van der Waals surface area contributed by atoms with Gasteiger partial charge in [-0.15, -0.1) is 0 Å². The summed E-state index contributed by atoms with van der Waals surface area (Å²) >= 11 is 0. The average molecular weight is 248 g/mol. The summed E-state index contributed by atoms with van der Waals surface area (Å²) in [5.74, 6) is 0.526. The summed E-state index contributed by atoms with van der Waals surface area (Å²) in [6, 6.07) is 5.76. The van der Waals surface area contributed by atoms with Crippen LogP contribution in [-0.4, -0.2) is 18.7 Å². The van der Waals surface area contributed by atoms with Crippen molar-refractivity contribution in [3.05, 3.63) is 29.7 Å². The topological polar surface area (TPSA) is 61.3 Å². The molecule has 0 fully saturated rings. The first-order chi connectivity index (χ1) is 8.41. The number of nitrogens with zero attached hydrogens (tertiary/aromatic N) is 1. The fourth-order valence-corrected chi connectivity index (χ4v) is 1.82. The van der Waals surface area contributed by atoms with Gasteiger partial charge >= 0.3 is 0 Å². The molecule has 4 heteroatoms. The first-order valence-electron chi connectivity index (χ1n) is 6.07. The molecule has 98 valence electrons. The number of hydrogen-bond donors (Lipinski definition) is 1. The molecule has 1 aromatic carbocycles. The van der Waals surface area contributed by atoms with E-state index in [-0.39, 0.29) is 11.5 Å². The van der Waals surface area contributed by atoms with Crippen molar-refractivity contribution in [2.45, 2.75) is 32.2 Å². The van der Waals surface area contributed by atoms with E-state index in [4.69, 9.17) is 14.9 Å². The fraction of sp³-hybridized carbons (Fsp3) is 0.500. The number of benzene rings is 1. The van der Waals surface area contributed by atoms with Gasteiger partial charge in [-0.1, -0.05) is 26.8 Å². The van der Waals surface area contributed by atoms with E-state index < -0.39 is 0 Å². The maximum Gasteiger partial charge on any atom is 0.214 e. The highest BCUT2D eigenvalue weighted by molar-refractivity contribution is 5.73. The third-order valence-corrected chi connectivity index (χ3v) is 2.93. The molecule has 2 aromatic rings. The van der Waals surface area contributed by atoms with E-state index in [0.717, 1.165) is 11.1 Å². The molecule has 18 heavy (non-hydrogen) atoms. The molecule has 0 amide bonds. The molecule has 0 aliphatic carbocycles. The van der Waals surface area contributed by atoms with Crippen molar-refractivity contribution in [3.63, 3.8) is 0 Å². The molecule has 2 N–H and O–H groups in total. The molecule has 1 heterocycles. The summed E-state index contributed by atoms with van der Waals surface area (Å²) in [6.45, 7) is 6.92. The van der Waals surface area contributed by atoms with Crippen LogP contribution in [-0.2, 0) is 10.2 Å². The highest BCUT2D eigenvalue weighted by Gasteiger charge is 2.17. The zero-order valence-corrected chi connectivity index (χ0v) is 11.4. The van der Waals surface area contributed by atoms with Crippen LogP contribution < -0.4 is 5.73 Å². The second kappa shape index (κ2) is 4.71. The number of fused-ring (bicyclic) bond motifs is 1. The van der Waals surface area contributed by atoms with E-state index in [0.29, 0.717) is 12.5 Å². The Morgan fingerprint density at radius 3 is 2.72 bits per heavy atom. The monoisotopic (exact) mass is 248 g/mol. The van der Waals surface area contributed by atoms with Crippen LogP contribution in [0.15, 0.2) is 22.6 Å². The fourth-order valence-electron chi connectivity index (χ4n) is 1.82. The Morgan fingerprint density at radius 1 is 1.39 bits per heavy atom. The molecule has 0 radical (unpaired) electrons. The van der Waals surface area contributed by atoms with Gasteiger partial charge < -0.3 is 14.9 Å². The molecule has 0 bridgehead atoms. The Morgan fingerprint density at radius 2 is 2.11 bits per heavy atom. The normalized spacial score (nSPS) is 14.1. The lowest BCUT2D eigenvalue weighted by Gasteiger charge is -2.18. The molecule has 1 atom stereocenters. The molecule has 1 aromatic heterocycles. The largest absolute Gasteiger partial charge is 0.439 e. The Hall–Kier alpha value is -1.39. The van der Waals surface area contributed by atoms with Crippen molar-refractivity contribution in [1.82, 2.24) is 4.98 Å². The van der Waals surface area contributed by atoms with Gasteiger partial charge in [0.15, 0.2) is 5.58 Å². The Bertz CT molecular complexity index is 540. The third-order valence-electron chi connectivity index (χ3n) is 2.93. The number of aromatic nitrogens is 1. The van der Waals surface area contributed by atoms with Crippen molar-refractivity contribution in [1.29, 1.82) is 0 Å². The van der Waals surface area contributed by atoms with Crippen LogP contribution in [0.5, 0.6) is 0 Å². The zero-order chi connectivity index (χ0) is 13.3. The quantitative estimate of drug-likeness (QED) is 0.907. The van der Waals surface area contributed by atoms with Crippen molar-refractivity contribution in [2.24, 2.45) is 5.73 Å². The van der Waals surface area contributed by atoms with Gasteiger partial charge in [-0.05, 0) is 23.1 Å². The molecule has 4 nitrogen and oxygen atoms in total. The van der Waals surface area contributed by atoms with Crippen molar-refractivity contribution >= 4 is 11.1 Å². The maximum atomic E-state index is 5.91. The van der Waals surface area contributed by atoms with Gasteiger partial charge in [0, 0.05) is 7.11 Å². The van der Waals surface area contributed by atoms with Crippen LogP contribution in [0.25, 0.3) is 11.1 Å². The van der Waals surface area contributed by atoms with Gasteiger partial charge in [-0.3, -0.25) is 0 Å². The van der Waals surface area contributed by atoms with Gasteiger partial charge in [-0.2, -0.15) is 0 Å². The summed E-state index contributed by atoms with van der Waals surface area (Å²) < 4.78 is 10.6. The summed E-state index contributed by atoms with van der Waals surface area (Å²) in [5.41, 5.74) is 8.86. The Kier molecular flexibility index (Phi) is 3.41. The summed E-state index contributed by atoms with van der Waals surface area (Å²) in [5, 5.41) is 0. The standard InChI is InChI=1S/C14H20N2O2/c1-14(2,3)9-5-6-12-11(7-9)16-13(18-12)10(15)8-17-4/h5-7,10H,8,15H2,1-4H3. The minimum Gasteiger partial charge on any atom is -0.439 e. The zero-order valence-electron chi connectivity index (χ0n) is 11.4. The lowest BCUT2D eigenvalue weighted by atomic mass is 9.87. The minimum atomic E-state index is -0.319. The second-order valence-electron chi connectivity index (χ2n) is 5.55. The van der Waals surface area contributed by atoms with E-state index in [1.807, 2.05) is 6.07 Å². The first-order valence-corrected chi connectivity index (χ1v) is 6.07. The van der Waals surface area contributed by atoms with Crippen LogP contribution in [0, 0.1) is 0 Å². The van der Waals surface area contributed by atoms with Gasteiger partial charge in [0.1, 0.15) is 11.6 Å². The van der Waals surface area contributed by atoms with Crippen LogP contribution in [0.4, 0.5) is 0 Å². The summed E-state index contributed by atoms with van der Waals surface area (Å²) in [6.07, 6.45) is 0. The maximum absolute atomic E-state index is 5.91. The molecular formula is C14H20N2O2. The molecule has 0 saturated carbocycles. The highest BCUT2D eigenvalue weighted by atomic mass is 16.5. The highest BCUT2D eigenvalue weighted by Crippen LogP contribution is 2.27. The third kappa shape index (κ3) is 2.54. The lowest BCUT2D eigenvalue weighted by Crippen LogP contribution is -2.16. The number of rotatable bonds is 3. The van der Waals surface area contributed by atoms with Crippen molar-refractivity contribution < 1.29 is 9.15 Å². The van der Waals surface area contributed by atoms with Crippen LogP contribution in [0.1, 0.15) is 38.3 Å². The van der Waals surface area contributed by atoms with Crippen LogP contribution >= 0.6 is 0 Å². The van der Waals surface area contributed by atoms with E-state index in [2.05, 4.69) is 37.9 Å². The molecule has 0 aliphatic rings. The van der Waals surface area contributed by atoms with E-state index in [1.54, 1.807) is 7.11 Å². The van der Waals surface area contributed by atoms with Gasteiger partial charge in [0.2, 0.25) is 5.89 Å². The van der Waals surface area contributed by atoms with Gasteiger partial charge in [0.05, 0.1) is 6.61 Å². The predicted molar refractivity (Wildman–Crippen MR) is 71.5 cm³/mol. The Balaban J connectivity index is 2.40. The van der Waals surface area contributed by atoms with E-state index in [9.17, 15) is 0 Å². The number of ether oxygens (including phenoxy) is 1. The Labute approximate surface area is 107 Å². The number of oxazole rings is 1. The van der Waals surface area contributed by atoms with Crippen LogP contribution in [0.3, 0.4) is 0 Å². The predicted octanol–water partition coefficient (Wildman–Crippen LogP) is 2.77. The van der Waals surface area contributed by atoms with Gasteiger partial charge in [-0.25, -0.2) is 4.98 Å². The molecule has 0 spiro atoms. The molecule has 2 rings (SSSR count).